The maximum absolute atomic E-state index is 12.5. The Morgan fingerprint density at radius 3 is 2.95 bits per heavy atom. The number of carbonyl (C=O) groups excluding carboxylic acids is 1. The second kappa shape index (κ2) is 5.83. The van der Waals surface area contributed by atoms with Gasteiger partial charge >= 0.3 is 0 Å². The molecule has 1 fully saturated rings. The summed E-state index contributed by atoms with van der Waals surface area (Å²) in [6, 6.07) is 6.36. The van der Waals surface area contributed by atoms with Crippen LogP contribution in [-0.2, 0) is 6.42 Å². The van der Waals surface area contributed by atoms with E-state index in [0.29, 0.717) is 6.04 Å². The van der Waals surface area contributed by atoms with Crippen molar-refractivity contribution < 1.29 is 4.79 Å². The van der Waals surface area contributed by atoms with E-state index >= 15 is 0 Å². The molecule has 0 bridgehead atoms. The molecule has 2 heterocycles. The van der Waals surface area contributed by atoms with E-state index in [2.05, 4.69) is 28.6 Å². The molecule has 0 aliphatic carbocycles. The van der Waals surface area contributed by atoms with Crippen LogP contribution in [0.4, 0.5) is 5.69 Å². The van der Waals surface area contributed by atoms with E-state index in [1.165, 1.54) is 5.56 Å². The van der Waals surface area contributed by atoms with E-state index in [-0.39, 0.29) is 5.91 Å². The van der Waals surface area contributed by atoms with Gasteiger partial charge in [-0.25, -0.2) is 0 Å². The third-order valence-corrected chi connectivity index (χ3v) is 4.37. The molecule has 4 nitrogen and oxygen atoms in total. The molecular formula is C16H23N3O. The standard InChI is InChI=1S/C16H23N3O/c1-19-10-7-13(8-11-19)18-16(20)14-6-2-4-12-5-3-9-17-15(12)14/h2,4,6,13,17H,3,5,7-11H2,1H3,(H,18,20). The van der Waals surface area contributed by atoms with Crippen molar-refractivity contribution in [3.63, 3.8) is 0 Å². The number of likely N-dealkylation sites (tertiary alicyclic amines) is 1. The number of anilines is 1. The van der Waals surface area contributed by atoms with Crippen LogP contribution in [0.5, 0.6) is 0 Å². The first kappa shape index (κ1) is 13.4. The predicted octanol–water partition coefficient (Wildman–Crippen LogP) is 1.87. The zero-order chi connectivity index (χ0) is 13.9. The highest BCUT2D eigenvalue weighted by atomic mass is 16.1. The van der Waals surface area contributed by atoms with Gasteiger partial charge in [-0.05, 0) is 57.5 Å². The van der Waals surface area contributed by atoms with Gasteiger partial charge in [-0.2, -0.15) is 0 Å². The molecule has 3 rings (SSSR count). The van der Waals surface area contributed by atoms with Gasteiger partial charge in [-0.3, -0.25) is 4.79 Å². The van der Waals surface area contributed by atoms with Crippen molar-refractivity contribution in [2.45, 2.75) is 31.7 Å². The Morgan fingerprint density at radius 1 is 1.35 bits per heavy atom. The lowest BCUT2D eigenvalue weighted by molar-refractivity contribution is 0.0917. The molecular weight excluding hydrogens is 250 g/mol. The maximum Gasteiger partial charge on any atom is 0.253 e. The van der Waals surface area contributed by atoms with Gasteiger partial charge in [0, 0.05) is 12.6 Å². The first-order valence-corrected chi connectivity index (χ1v) is 7.59. The molecule has 0 aromatic heterocycles. The lowest BCUT2D eigenvalue weighted by atomic mass is 9.98. The molecule has 2 aliphatic heterocycles. The molecule has 1 aromatic carbocycles. The SMILES string of the molecule is CN1CCC(NC(=O)c2cccc3c2NCCC3)CC1. The predicted molar refractivity (Wildman–Crippen MR) is 81.2 cm³/mol. The van der Waals surface area contributed by atoms with Gasteiger partial charge in [0.2, 0.25) is 0 Å². The molecule has 20 heavy (non-hydrogen) atoms. The van der Waals surface area contributed by atoms with Gasteiger partial charge in [0.15, 0.2) is 0 Å². The molecule has 2 N–H and O–H groups in total. The molecule has 4 heteroatoms. The van der Waals surface area contributed by atoms with Crippen LogP contribution in [0, 0.1) is 0 Å². The van der Waals surface area contributed by atoms with Crippen molar-refractivity contribution in [1.82, 2.24) is 10.2 Å². The number of hydrogen-bond acceptors (Lipinski definition) is 3. The Morgan fingerprint density at radius 2 is 2.15 bits per heavy atom. The Balaban J connectivity index is 1.71. The first-order chi connectivity index (χ1) is 9.74. The number of para-hydroxylation sites is 1. The van der Waals surface area contributed by atoms with Crippen molar-refractivity contribution in [2.24, 2.45) is 0 Å². The van der Waals surface area contributed by atoms with E-state index in [4.69, 9.17) is 0 Å². The quantitative estimate of drug-likeness (QED) is 0.864. The van der Waals surface area contributed by atoms with Crippen LogP contribution in [0.25, 0.3) is 0 Å². The number of nitrogens with zero attached hydrogens (tertiary/aromatic N) is 1. The van der Waals surface area contributed by atoms with Crippen LogP contribution in [0.3, 0.4) is 0 Å². The van der Waals surface area contributed by atoms with Crippen molar-refractivity contribution >= 4 is 11.6 Å². The topological polar surface area (TPSA) is 44.4 Å². The number of fused-ring (bicyclic) bond motifs is 1. The molecule has 1 saturated heterocycles. The normalized spacial score (nSPS) is 20.1. The van der Waals surface area contributed by atoms with Crippen LogP contribution in [-0.4, -0.2) is 43.5 Å². The summed E-state index contributed by atoms with van der Waals surface area (Å²) in [4.78, 5) is 14.8. The highest BCUT2D eigenvalue weighted by Gasteiger charge is 2.22. The Hall–Kier alpha value is -1.55. The minimum absolute atomic E-state index is 0.0748. The molecule has 0 saturated carbocycles. The van der Waals surface area contributed by atoms with Crippen LogP contribution >= 0.6 is 0 Å². The van der Waals surface area contributed by atoms with Crippen LogP contribution in [0.1, 0.15) is 35.2 Å². The smallest absolute Gasteiger partial charge is 0.253 e. The van der Waals surface area contributed by atoms with E-state index in [1.807, 2.05) is 12.1 Å². The number of benzene rings is 1. The molecule has 1 amide bonds. The fourth-order valence-corrected chi connectivity index (χ4v) is 3.11. The fraction of sp³-hybridized carbons (Fsp3) is 0.562. The summed E-state index contributed by atoms with van der Waals surface area (Å²) in [5.41, 5.74) is 3.12. The Bertz CT molecular complexity index is 492. The van der Waals surface area contributed by atoms with Gasteiger partial charge in [-0.1, -0.05) is 12.1 Å². The lowest BCUT2D eigenvalue weighted by Gasteiger charge is -2.30. The third-order valence-electron chi connectivity index (χ3n) is 4.37. The van der Waals surface area contributed by atoms with Crippen molar-refractivity contribution in [2.75, 3.05) is 32.0 Å². The number of amides is 1. The molecule has 0 radical (unpaired) electrons. The molecule has 0 atom stereocenters. The van der Waals surface area contributed by atoms with Crippen LogP contribution in [0.15, 0.2) is 18.2 Å². The lowest BCUT2D eigenvalue weighted by Crippen LogP contribution is -2.43. The van der Waals surface area contributed by atoms with Crippen LogP contribution < -0.4 is 10.6 Å². The van der Waals surface area contributed by atoms with E-state index in [0.717, 1.165) is 56.6 Å². The zero-order valence-corrected chi connectivity index (χ0v) is 12.1. The summed E-state index contributed by atoms with van der Waals surface area (Å²) in [6.07, 6.45) is 4.31. The van der Waals surface area contributed by atoms with E-state index in [9.17, 15) is 4.79 Å². The molecule has 2 aliphatic rings. The number of nitrogens with one attached hydrogen (secondary N) is 2. The third kappa shape index (κ3) is 2.80. The Labute approximate surface area is 120 Å². The summed E-state index contributed by atoms with van der Waals surface area (Å²) in [6.45, 7) is 3.09. The average molecular weight is 273 g/mol. The minimum atomic E-state index is 0.0748. The highest BCUT2D eigenvalue weighted by Crippen LogP contribution is 2.26. The van der Waals surface area contributed by atoms with Gasteiger partial charge in [0.25, 0.3) is 5.91 Å². The monoisotopic (exact) mass is 273 g/mol. The first-order valence-electron chi connectivity index (χ1n) is 7.59. The number of rotatable bonds is 2. The van der Waals surface area contributed by atoms with Crippen molar-refractivity contribution in [3.05, 3.63) is 29.3 Å². The molecule has 0 unspecified atom stereocenters. The summed E-state index contributed by atoms with van der Waals surface area (Å²) in [7, 11) is 2.13. The second-order valence-corrected chi connectivity index (χ2v) is 5.92. The van der Waals surface area contributed by atoms with Gasteiger partial charge < -0.3 is 15.5 Å². The minimum Gasteiger partial charge on any atom is -0.384 e. The van der Waals surface area contributed by atoms with Crippen molar-refractivity contribution in [3.8, 4) is 0 Å². The van der Waals surface area contributed by atoms with Crippen molar-refractivity contribution in [1.29, 1.82) is 0 Å². The fourth-order valence-electron chi connectivity index (χ4n) is 3.11. The number of piperidine rings is 1. The van der Waals surface area contributed by atoms with E-state index < -0.39 is 0 Å². The maximum atomic E-state index is 12.5. The second-order valence-electron chi connectivity index (χ2n) is 5.92. The number of aryl methyl sites for hydroxylation is 1. The number of carbonyl (C=O) groups is 1. The summed E-state index contributed by atoms with van der Waals surface area (Å²) in [5, 5.41) is 6.59. The van der Waals surface area contributed by atoms with Gasteiger partial charge in [0.1, 0.15) is 0 Å². The van der Waals surface area contributed by atoms with Crippen LogP contribution in [0.2, 0.25) is 0 Å². The molecule has 0 spiro atoms. The largest absolute Gasteiger partial charge is 0.384 e. The molecule has 108 valence electrons. The number of hydrogen-bond donors (Lipinski definition) is 2. The summed E-state index contributed by atoms with van der Waals surface area (Å²) < 4.78 is 0. The zero-order valence-electron chi connectivity index (χ0n) is 12.1. The average Bonchev–Trinajstić information content (AvgIpc) is 2.49. The van der Waals surface area contributed by atoms with Gasteiger partial charge in [0.05, 0.1) is 11.3 Å². The molecule has 1 aromatic rings. The van der Waals surface area contributed by atoms with E-state index in [1.54, 1.807) is 0 Å². The summed E-state index contributed by atoms with van der Waals surface area (Å²) in [5.74, 6) is 0.0748. The summed E-state index contributed by atoms with van der Waals surface area (Å²) >= 11 is 0. The highest BCUT2D eigenvalue weighted by molar-refractivity contribution is 6.00. The Kier molecular flexibility index (Phi) is 3.92. The van der Waals surface area contributed by atoms with Gasteiger partial charge in [-0.15, -0.1) is 0 Å².